The van der Waals surface area contributed by atoms with Gasteiger partial charge in [0, 0.05) is 12.3 Å². The molecule has 0 heterocycles. The highest BCUT2D eigenvalue weighted by Crippen LogP contribution is 2.24. The summed E-state index contributed by atoms with van der Waals surface area (Å²) < 4.78 is 5.11. The van der Waals surface area contributed by atoms with E-state index in [2.05, 4.69) is 5.32 Å². The Hall–Kier alpha value is -1.88. The zero-order chi connectivity index (χ0) is 15.2. The lowest BCUT2D eigenvalue weighted by molar-refractivity contribution is -0.142. The minimum absolute atomic E-state index is 0.122. The molecule has 0 atom stereocenters. The van der Waals surface area contributed by atoms with Crippen molar-refractivity contribution in [2.75, 3.05) is 18.5 Å². The molecule has 0 aliphatic rings. The molecule has 0 bridgehead atoms. The number of carbonyl (C=O) groups is 2. The molecule has 1 aromatic rings. The third kappa shape index (κ3) is 4.35. The molecule has 0 aromatic heterocycles. The average molecular weight is 279 g/mol. The Kier molecular flexibility index (Phi) is 5.70. The van der Waals surface area contributed by atoms with Gasteiger partial charge < -0.3 is 15.2 Å². The number of carbonyl (C=O) groups excluding carboxylic acids is 1. The summed E-state index contributed by atoms with van der Waals surface area (Å²) in [6.45, 7) is 6.15. The Morgan fingerprint density at radius 2 is 1.85 bits per heavy atom. The van der Waals surface area contributed by atoms with E-state index in [1.54, 1.807) is 38.1 Å². The van der Waals surface area contributed by atoms with Gasteiger partial charge in [0.2, 0.25) is 5.91 Å². The molecule has 0 aliphatic heterocycles. The fraction of sp³-hybridized carbons (Fsp3) is 0.467. The van der Waals surface area contributed by atoms with Crippen molar-refractivity contribution in [1.82, 2.24) is 0 Å². The second-order valence-corrected chi connectivity index (χ2v) is 5.00. The Bertz CT molecular complexity index is 465. The zero-order valence-corrected chi connectivity index (χ0v) is 12.1. The van der Waals surface area contributed by atoms with Crippen molar-refractivity contribution in [1.29, 1.82) is 0 Å². The first-order valence-corrected chi connectivity index (χ1v) is 6.59. The molecule has 1 aromatic carbocycles. The van der Waals surface area contributed by atoms with Crippen molar-refractivity contribution >= 4 is 17.6 Å². The maximum absolute atomic E-state index is 11.6. The van der Waals surface area contributed by atoms with E-state index in [0.29, 0.717) is 30.9 Å². The van der Waals surface area contributed by atoms with Crippen molar-refractivity contribution in [2.24, 2.45) is 0 Å². The van der Waals surface area contributed by atoms with E-state index < -0.39 is 11.4 Å². The van der Waals surface area contributed by atoms with Crippen LogP contribution in [0.1, 0.15) is 32.8 Å². The van der Waals surface area contributed by atoms with Gasteiger partial charge in [-0.25, -0.2) is 0 Å². The van der Waals surface area contributed by atoms with Gasteiger partial charge >= 0.3 is 5.97 Å². The Morgan fingerprint density at radius 3 is 2.35 bits per heavy atom. The van der Waals surface area contributed by atoms with Gasteiger partial charge in [0.25, 0.3) is 0 Å². The molecule has 20 heavy (non-hydrogen) atoms. The van der Waals surface area contributed by atoms with Gasteiger partial charge in [0.15, 0.2) is 0 Å². The fourth-order valence-electron chi connectivity index (χ4n) is 1.63. The number of aliphatic carboxylic acids is 1. The lowest BCUT2D eigenvalue weighted by Crippen LogP contribution is -2.28. The highest BCUT2D eigenvalue weighted by Gasteiger charge is 2.29. The van der Waals surface area contributed by atoms with Crippen LogP contribution in [0.4, 0.5) is 5.69 Å². The van der Waals surface area contributed by atoms with Crippen LogP contribution in [0.25, 0.3) is 0 Å². The van der Waals surface area contributed by atoms with E-state index in [0.717, 1.165) is 0 Å². The number of carboxylic acid groups (broad SMARTS) is 1. The molecule has 5 heteroatoms. The number of rotatable bonds is 7. The van der Waals surface area contributed by atoms with E-state index in [-0.39, 0.29) is 5.91 Å². The number of hydrogen-bond donors (Lipinski definition) is 2. The summed E-state index contributed by atoms with van der Waals surface area (Å²) in [5.41, 5.74) is 0.395. The van der Waals surface area contributed by atoms with Crippen LogP contribution in [-0.4, -0.2) is 30.2 Å². The number of nitrogens with one attached hydrogen (secondary N) is 1. The molecule has 0 fully saturated rings. The number of amides is 1. The number of hydrogen-bond acceptors (Lipinski definition) is 3. The first kappa shape index (κ1) is 16.2. The molecule has 0 spiro atoms. The lowest BCUT2D eigenvalue weighted by atomic mass is 9.85. The lowest BCUT2D eigenvalue weighted by Gasteiger charge is -2.19. The summed E-state index contributed by atoms with van der Waals surface area (Å²) in [7, 11) is 0. The molecule has 5 nitrogen and oxygen atoms in total. The van der Waals surface area contributed by atoms with E-state index in [1.165, 1.54) is 0 Å². The average Bonchev–Trinajstić information content (AvgIpc) is 2.39. The molecular weight excluding hydrogens is 258 g/mol. The molecule has 1 rings (SSSR count). The van der Waals surface area contributed by atoms with Crippen LogP contribution in [0.15, 0.2) is 24.3 Å². The summed E-state index contributed by atoms with van der Waals surface area (Å²) in [6.07, 6.45) is 0.302. The number of ether oxygens (including phenoxy) is 1. The van der Waals surface area contributed by atoms with Crippen LogP contribution >= 0.6 is 0 Å². The van der Waals surface area contributed by atoms with E-state index in [9.17, 15) is 9.59 Å². The van der Waals surface area contributed by atoms with Crippen LogP contribution < -0.4 is 5.32 Å². The van der Waals surface area contributed by atoms with Crippen LogP contribution in [0, 0.1) is 0 Å². The smallest absolute Gasteiger partial charge is 0.313 e. The van der Waals surface area contributed by atoms with E-state index >= 15 is 0 Å². The predicted molar refractivity (Wildman–Crippen MR) is 76.8 cm³/mol. The molecule has 110 valence electrons. The van der Waals surface area contributed by atoms with Gasteiger partial charge in [0.05, 0.1) is 18.4 Å². The van der Waals surface area contributed by atoms with Crippen LogP contribution in [-0.2, 0) is 19.7 Å². The summed E-state index contributed by atoms with van der Waals surface area (Å²) in [6, 6.07) is 6.84. The highest BCUT2D eigenvalue weighted by molar-refractivity contribution is 5.90. The van der Waals surface area contributed by atoms with Gasteiger partial charge in [-0.1, -0.05) is 12.1 Å². The molecule has 0 aliphatic carbocycles. The van der Waals surface area contributed by atoms with Crippen LogP contribution in [0.3, 0.4) is 0 Å². The summed E-state index contributed by atoms with van der Waals surface area (Å²) in [5, 5.41) is 11.9. The van der Waals surface area contributed by atoms with Crippen molar-refractivity contribution in [3.05, 3.63) is 29.8 Å². The number of anilines is 1. The van der Waals surface area contributed by atoms with Gasteiger partial charge in [-0.2, -0.15) is 0 Å². The SMILES string of the molecule is CCOCCC(=O)Nc1ccc(C(C)(C)C(=O)O)cc1. The highest BCUT2D eigenvalue weighted by atomic mass is 16.5. The molecule has 0 radical (unpaired) electrons. The van der Waals surface area contributed by atoms with Gasteiger partial charge in [0.1, 0.15) is 0 Å². The van der Waals surface area contributed by atoms with E-state index in [4.69, 9.17) is 9.84 Å². The second kappa shape index (κ2) is 7.05. The van der Waals surface area contributed by atoms with Crippen molar-refractivity contribution < 1.29 is 19.4 Å². The monoisotopic (exact) mass is 279 g/mol. The third-order valence-corrected chi connectivity index (χ3v) is 3.10. The summed E-state index contributed by atoms with van der Waals surface area (Å²) in [4.78, 5) is 22.7. The Morgan fingerprint density at radius 1 is 1.25 bits per heavy atom. The summed E-state index contributed by atoms with van der Waals surface area (Å²) >= 11 is 0. The molecular formula is C15H21NO4. The largest absolute Gasteiger partial charge is 0.481 e. The normalized spacial score (nSPS) is 11.2. The minimum Gasteiger partial charge on any atom is -0.481 e. The summed E-state index contributed by atoms with van der Waals surface area (Å²) in [5.74, 6) is -1.00. The third-order valence-electron chi connectivity index (χ3n) is 3.10. The number of benzene rings is 1. The van der Waals surface area contributed by atoms with Gasteiger partial charge in [-0.3, -0.25) is 9.59 Å². The Balaban J connectivity index is 2.63. The topological polar surface area (TPSA) is 75.6 Å². The zero-order valence-electron chi connectivity index (χ0n) is 12.1. The maximum atomic E-state index is 11.6. The maximum Gasteiger partial charge on any atom is 0.313 e. The van der Waals surface area contributed by atoms with Gasteiger partial charge in [-0.05, 0) is 38.5 Å². The molecule has 0 saturated heterocycles. The van der Waals surface area contributed by atoms with Crippen molar-refractivity contribution in [3.8, 4) is 0 Å². The van der Waals surface area contributed by atoms with Crippen LogP contribution in [0.2, 0.25) is 0 Å². The van der Waals surface area contributed by atoms with Crippen LogP contribution in [0.5, 0.6) is 0 Å². The first-order chi connectivity index (χ1) is 9.37. The van der Waals surface area contributed by atoms with E-state index in [1.807, 2.05) is 6.92 Å². The minimum atomic E-state index is -0.947. The molecule has 0 saturated carbocycles. The molecule has 0 unspecified atom stereocenters. The molecule has 1 amide bonds. The first-order valence-electron chi connectivity index (χ1n) is 6.59. The van der Waals surface area contributed by atoms with Crippen molar-refractivity contribution in [2.45, 2.75) is 32.6 Å². The predicted octanol–water partition coefficient (Wildman–Crippen LogP) is 2.41. The second-order valence-electron chi connectivity index (χ2n) is 5.00. The number of carboxylic acids is 1. The Labute approximate surface area is 118 Å². The molecule has 2 N–H and O–H groups in total. The van der Waals surface area contributed by atoms with Gasteiger partial charge in [-0.15, -0.1) is 0 Å². The quantitative estimate of drug-likeness (QED) is 0.752. The van der Waals surface area contributed by atoms with Crippen molar-refractivity contribution in [3.63, 3.8) is 0 Å². The standard InChI is InChI=1S/C15H21NO4/c1-4-20-10-9-13(17)16-12-7-5-11(6-8-12)15(2,3)14(18)19/h5-8H,4,9-10H2,1-3H3,(H,16,17)(H,18,19). The fourth-order valence-corrected chi connectivity index (χ4v) is 1.63.